The van der Waals surface area contributed by atoms with E-state index in [2.05, 4.69) is 44.4 Å². The molecule has 2 aliphatic heterocycles. The van der Waals surface area contributed by atoms with Gasteiger partial charge in [0.15, 0.2) is 0 Å². The lowest BCUT2D eigenvalue weighted by molar-refractivity contribution is 0.0501. The predicted molar refractivity (Wildman–Crippen MR) is 99.8 cm³/mol. The summed E-state index contributed by atoms with van der Waals surface area (Å²) in [6.45, 7) is 15.7. The second-order valence-corrected chi connectivity index (χ2v) is 8.93. The minimum atomic E-state index is -0.497. The molecule has 0 bridgehead atoms. The van der Waals surface area contributed by atoms with Gasteiger partial charge in [0.05, 0.1) is 6.54 Å². The number of fused-ring (bicyclic) bond motifs is 3. The van der Waals surface area contributed by atoms with Crippen molar-refractivity contribution in [2.45, 2.75) is 71.5 Å². The summed E-state index contributed by atoms with van der Waals surface area (Å²) in [6.07, 6.45) is -0.479. The summed E-state index contributed by atoms with van der Waals surface area (Å²) >= 11 is 0. The number of hydrogen-bond donors (Lipinski definition) is 2. The van der Waals surface area contributed by atoms with Crippen molar-refractivity contribution in [3.63, 3.8) is 0 Å². The smallest absolute Gasteiger partial charge is 0.407 e. The van der Waals surface area contributed by atoms with Crippen molar-refractivity contribution in [1.29, 1.82) is 0 Å². The summed E-state index contributed by atoms with van der Waals surface area (Å²) in [5, 5.41) is 6.37. The molecule has 138 valence electrons. The third kappa shape index (κ3) is 3.29. The number of hydrogen-bond acceptors (Lipinski definition) is 4. The summed E-state index contributed by atoms with van der Waals surface area (Å²) in [4.78, 5) is 11.9. The molecule has 0 aromatic heterocycles. The maximum Gasteiger partial charge on any atom is 0.407 e. The van der Waals surface area contributed by atoms with Crippen molar-refractivity contribution in [1.82, 2.24) is 5.32 Å². The molecular weight excluding hydrogens is 316 g/mol. The van der Waals surface area contributed by atoms with E-state index in [9.17, 15) is 4.79 Å². The molecule has 1 aromatic rings. The van der Waals surface area contributed by atoms with Crippen LogP contribution in [0.4, 0.5) is 10.5 Å². The van der Waals surface area contributed by atoms with E-state index >= 15 is 0 Å². The summed E-state index contributed by atoms with van der Waals surface area (Å²) in [5.41, 5.74) is 4.52. The van der Waals surface area contributed by atoms with Crippen LogP contribution in [-0.2, 0) is 10.2 Å². The van der Waals surface area contributed by atoms with E-state index in [1.807, 2.05) is 20.8 Å². The average Bonchev–Trinajstić information content (AvgIpc) is 2.94. The quantitative estimate of drug-likeness (QED) is 0.847. The Morgan fingerprint density at radius 1 is 1.44 bits per heavy atom. The Kier molecular flexibility index (Phi) is 4.17. The molecule has 0 aliphatic carbocycles. The Morgan fingerprint density at radius 3 is 2.76 bits per heavy atom. The van der Waals surface area contributed by atoms with Crippen LogP contribution >= 0.6 is 0 Å². The van der Waals surface area contributed by atoms with Crippen LogP contribution in [0.15, 0.2) is 6.07 Å². The van der Waals surface area contributed by atoms with Crippen molar-refractivity contribution in [3.8, 4) is 5.75 Å². The fraction of sp³-hybridized carbons (Fsp3) is 0.650. The first-order valence-corrected chi connectivity index (χ1v) is 9.05. The van der Waals surface area contributed by atoms with Crippen LogP contribution in [-0.4, -0.2) is 30.9 Å². The van der Waals surface area contributed by atoms with E-state index in [1.54, 1.807) is 0 Å². The van der Waals surface area contributed by atoms with E-state index in [0.29, 0.717) is 6.54 Å². The Morgan fingerprint density at radius 2 is 2.12 bits per heavy atom. The molecule has 0 saturated heterocycles. The highest BCUT2D eigenvalue weighted by molar-refractivity contribution is 5.73. The fourth-order valence-corrected chi connectivity index (χ4v) is 3.73. The first kappa shape index (κ1) is 17.9. The molecule has 5 nitrogen and oxygen atoms in total. The Hall–Kier alpha value is -1.91. The summed E-state index contributed by atoms with van der Waals surface area (Å²) in [6, 6.07) is 2.22. The van der Waals surface area contributed by atoms with Crippen LogP contribution in [0.3, 0.4) is 0 Å². The zero-order valence-electron chi connectivity index (χ0n) is 16.4. The monoisotopic (exact) mass is 346 g/mol. The average molecular weight is 346 g/mol. The molecule has 0 fully saturated rings. The molecule has 3 rings (SSSR count). The van der Waals surface area contributed by atoms with E-state index in [1.165, 1.54) is 22.4 Å². The number of ether oxygens (including phenoxy) is 2. The van der Waals surface area contributed by atoms with Crippen LogP contribution in [0.25, 0.3) is 0 Å². The highest BCUT2D eigenvalue weighted by atomic mass is 16.6. The van der Waals surface area contributed by atoms with Crippen LogP contribution in [0, 0.1) is 6.92 Å². The van der Waals surface area contributed by atoms with Gasteiger partial charge >= 0.3 is 6.09 Å². The number of amides is 1. The van der Waals surface area contributed by atoms with Crippen LogP contribution in [0.2, 0.25) is 0 Å². The van der Waals surface area contributed by atoms with Gasteiger partial charge in [0.1, 0.15) is 17.5 Å². The van der Waals surface area contributed by atoms with Gasteiger partial charge in [-0.15, -0.1) is 0 Å². The first-order valence-electron chi connectivity index (χ1n) is 9.05. The van der Waals surface area contributed by atoms with Gasteiger partial charge in [-0.25, -0.2) is 4.79 Å². The van der Waals surface area contributed by atoms with Gasteiger partial charge < -0.3 is 20.1 Å². The summed E-state index contributed by atoms with van der Waals surface area (Å²) in [5.74, 6) is 1.23. The topological polar surface area (TPSA) is 59.6 Å². The van der Waals surface area contributed by atoms with Crippen molar-refractivity contribution in [2.75, 3.05) is 18.4 Å². The van der Waals surface area contributed by atoms with Gasteiger partial charge in [-0.1, -0.05) is 20.8 Å². The number of nitrogens with one attached hydrogen (secondary N) is 2. The molecule has 2 atom stereocenters. The zero-order valence-corrected chi connectivity index (χ0v) is 16.4. The lowest BCUT2D eigenvalue weighted by Gasteiger charge is -2.22. The SMILES string of the molecule is Cc1cc2c(c3c1NCC3(C)C)O[C@@H](CNC(=O)OC(C)(C)C)[C@H]2C. The molecule has 0 spiro atoms. The van der Waals surface area contributed by atoms with E-state index in [4.69, 9.17) is 9.47 Å². The van der Waals surface area contributed by atoms with Gasteiger partial charge in [-0.05, 0) is 39.3 Å². The van der Waals surface area contributed by atoms with Crippen molar-refractivity contribution in [3.05, 3.63) is 22.8 Å². The Labute approximate surface area is 150 Å². The highest BCUT2D eigenvalue weighted by Crippen LogP contribution is 2.51. The summed E-state index contributed by atoms with van der Waals surface area (Å²) in [7, 11) is 0. The maximum atomic E-state index is 11.9. The second-order valence-electron chi connectivity index (χ2n) is 8.93. The predicted octanol–water partition coefficient (Wildman–Crippen LogP) is 4.09. The summed E-state index contributed by atoms with van der Waals surface area (Å²) < 4.78 is 11.6. The normalized spacial score (nSPS) is 23.3. The molecule has 2 N–H and O–H groups in total. The van der Waals surface area contributed by atoms with Crippen molar-refractivity contribution >= 4 is 11.8 Å². The number of carbonyl (C=O) groups excluding carboxylic acids is 1. The largest absolute Gasteiger partial charge is 0.487 e. The Bertz CT molecular complexity index is 704. The minimum Gasteiger partial charge on any atom is -0.487 e. The lowest BCUT2D eigenvalue weighted by Crippen LogP contribution is -2.39. The maximum absolute atomic E-state index is 11.9. The lowest BCUT2D eigenvalue weighted by atomic mass is 9.83. The number of carbonyl (C=O) groups is 1. The number of rotatable bonds is 2. The second kappa shape index (κ2) is 5.82. The van der Waals surface area contributed by atoms with Crippen molar-refractivity contribution in [2.24, 2.45) is 0 Å². The van der Waals surface area contributed by atoms with Crippen LogP contribution in [0.1, 0.15) is 64.2 Å². The molecular formula is C20H30N2O3. The van der Waals surface area contributed by atoms with E-state index < -0.39 is 11.7 Å². The molecule has 2 heterocycles. The number of aryl methyl sites for hydroxylation is 1. The fourth-order valence-electron chi connectivity index (χ4n) is 3.73. The molecule has 1 amide bonds. The third-order valence-electron chi connectivity index (χ3n) is 5.05. The molecule has 0 radical (unpaired) electrons. The molecule has 1 aromatic carbocycles. The molecule has 0 unspecified atom stereocenters. The molecule has 0 saturated carbocycles. The number of alkyl carbamates (subject to hydrolysis) is 1. The standard InChI is InChI=1S/C20H30N2O3/c1-11-8-13-12(2)14(9-21-18(23)25-19(3,4)5)24-17(13)15-16(11)22-10-20(15,6)7/h8,12,14,22H,9-10H2,1-7H3,(H,21,23)/t12-,14-/m0/s1. The minimum absolute atomic E-state index is 0.0403. The highest BCUT2D eigenvalue weighted by Gasteiger charge is 2.41. The van der Waals surface area contributed by atoms with Gasteiger partial charge in [0, 0.05) is 34.7 Å². The van der Waals surface area contributed by atoms with Crippen LogP contribution in [0.5, 0.6) is 5.75 Å². The van der Waals surface area contributed by atoms with E-state index in [0.717, 1.165) is 12.3 Å². The number of benzene rings is 1. The first-order chi connectivity index (χ1) is 11.5. The third-order valence-corrected chi connectivity index (χ3v) is 5.05. The molecule has 5 heteroatoms. The van der Waals surface area contributed by atoms with Crippen LogP contribution < -0.4 is 15.4 Å². The molecule has 2 aliphatic rings. The van der Waals surface area contributed by atoms with Gasteiger partial charge in [0.25, 0.3) is 0 Å². The van der Waals surface area contributed by atoms with E-state index in [-0.39, 0.29) is 17.4 Å². The van der Waals surface area contributed by atoms with Gasteiger partial charge in [0.2, 0.25) is 0 Å². The Balaban J connectivity index is 1.78. The van der Waals surface area contributed by atoms with Gasteiger partial charge in [-0.2, -0.15) is 0 Å². The zero-order chi connectivity index (χ0) is 18.6. The molecule has 25 heavy (non-hydrogen) atoms. The van der Waals surface area contributed by atoms with Gasteiger partial charge in [-0.3, -0.25) is 0 Å². The number of anilines is 1. The van der Waals surface area contributed by atoms with Crippen molar-refractivity contribution < 1.29 is 14.3 Å².